The van der Waals surface area contributed by atoms with Gasteiger partial charge in [0.15, 0.2) is 0 Å². The number of pyridine rings is 1. The van der Waals surface area contributed by atoms with E-state index < -0.39 is 0 Å². The number of aromatic nitrogens is 1. The van der Waals surface area contributed by atoms with Crippen LogP contribution in [0.15, 0.2) is 18.5 Å². The SMILES string of the molecule is FCCCOc1cncc(N2CCCNCC2)c1. The van der Waals surface area contributed by atoms with Crippen LogP contribution >= 0.6 is 0 Å². The lowest BCUT2D eigenvalue weighted by Crippen LogP contribution is -2.27. The van der Waals surface area contributed by atoms with Gasteiger partial charge in [-0.25, -0.2) is 0 Å². The molecule has 18 heavy (non-hydrogen) atoms. The molecular weight excluding hydrogens is 233 g/mol. The summed E-state index contributed by atoms with van der Waals surface area (Å²) in [7, 11) is 0. The summed E-state index contributed by atoms with van der Waals surface area (Å²) >= 11 is 0. The third-order valence-electron chi connectivity index (χ3n) is 2.95. The minimum Gasteiger partial charge on any atom is -0.492 e. The number of hydrogen-bond donors (Lipinski definition) is 1. The van der Waals surface area contributed by atoms with Crippen molar-refractivity contribution < 1.29 is 9.13 Å². The number of halogens is 1. The molecular formula is C13H20FN3O. The van der Waals surface area contributed by atoms with Crippen LogP contribution in [0.25, 0.3) is 0 Å². The van der Waals surface area contributed by atoms with E-state index in [0.29, 0.717) is 13.0 Å². The Morgan fingerprint density at radius 2 is 2.28 bits per heavy atom. The highest BCUT2D eigenvalue weighted by Gasteiger charge is 2.10. The summed E-state index contributed by atoms with van der Waals surface area (Å²) in [4.78, 5) is 6.49. The van der Waals surface area contributed by atoms with Gasteiger partial charge in [-0.3, -0.25) is 9.37 Å². The van der Waals surface area contributed by atoms with Crippen molar-refractivity contribution in [3.63, 3.8) is 0 Å². The lowest BCUT2D eigenvalue weighted by Gasteiger charge is -2.22. The van der Waals surface area contributed by atoms with Crippen molar-refractivity contribution in [1.82, 2.24) is 10.3 Å². The molecule has 0 atom stereocenters. The second-order valence-electron chi connectivity index (χ2n) is 4.36. The summed E-state index contributed by atoms with van der Waals surface area (Å²) in [6.07, 6.45) is 5.09. The molecule has 100 valence electrons. The Balaban J connectivity index is 1.96. The first-order valence-electron chi connectivity index (χ1n) is 6.49. The molecule has 0 spiro atoms. The van der Waals surface area contributed by atoms with E-state index in [4.69, 9.17) is 4.74 Å². The molecule has 0 unspecified atom stereocenters. The number of nitrogens with one attached hydrogen (secondary N) is 1. The van der Waals surface area contributed by atoms with E-state index >= 15 is 0 Å². The summed E-state index contributed by atoms with van der Waals surface area (Å²) in [6, 6.07) is 1.98. The Morgan fingerprint density at radius 3 is 3.17 bits per heavy atom. The number of ether oxygens (including phenoxy) is 1. The minimum atomic E-state index is -0.342. The Labute approximate surface area is 107 Å². The van der Waals surface area contributed by atoms with Crippen LogP contribution in [-0.4, -0.2) is 44.4 Å². The van der Waals surface area contributed by atoms with Crippen LogP contribution in [0.3, 0.4) is 0 Å². The van der Waals surface area contributed by atoms with Gasteiger partial charge in [-0.15, -0.1) is 0 Å². The van der Waals surface area contributed by atoms with Crippen molar-refractivity contribution in [2.45, 2.75) is 12.8 Å². The molecule has 4 nitrogen and oxygen atoms in total. The van der Waals surface area contributed by atoms with Crippen molar-refractivity contribution in [2.75, 3.05) is 44.4 Å². The summed E-state index contributed by atoms with van der Waals surface area (Å²) in [5.41, 5.74) is 1.08. The molecule has 1 aromatic heterocycles. The van der Waals surface area contributed by atoms with Gasteiger partial charge in [-0.05, 0) is 13.0 Å². The molecule has 1 aliphatic heterocycles. The number of alkyl halides is 1. The maximum atomic E-state index is 12.0. The van der Waals surface area contributed by atoms with Crippen LogP contribution < -0.4 is 15.0 Å². The molecule has 0 amide bonds. The first-order chi connectivity index (χ1) is 8.90. The summed E-state index contributed by atoms with van der Waals surface area (Å²) in [5.74, 6) is 0.721. The molecule has 5 heteroatoms. The van der Waals surface area contributed by atoms with Gasteiger partial charge >= 0.3 is 0 Å². The largest absolute Gasteiger partial charge is 0.492 e. The van der Waals surface area contributed by atoms with E-state index in [-0.39, 0.29) is 6.67 Å². The third kappa shape index (κ3) is 3.84. The van der Waals surface area contributed by atoms with Crippen molar-refractivity contribution >= 4 is 5.69 Å². The van der Waals surface area contributed by atoms with Crippen molar-refractivity contribution in [1.29, 1.82) is 0 Å². The van der Waals surface area contributed by atoms with Crippen LogP contribution in [0.4, 0.5) is 10.1 Å². The van der Waals surface area contributed by atoms with E-state index in [9.17, 15) is 4.39 Å². The van der Waals surface area contributed by atoms with Gasteiger partial charge in [-0.2, -0.15) is 0 Å². The third-order valence-corrected chi connectivity index (χ3v) is 2.95. The predicted octanol–water partition coefficient (Wildman–Crippen LogP) is 1.62. The standard InChI is InChI=1S/C13H20FN3O/c14-3-1-8-18-13-9-12(10-16-11-13)17-6-2-4-15-5-7-17/h9-11,15H,1-8H2. The summed E-state index contributed by atoms with van der Waals surface area (Å²) < 4.78 is 17.5. The van der Waals surface area contributed by atoms with Crippen LogP contribution in [0.5, 0.6) is 5.75 Å². The normalized spacial score (nSPS) is 16.4. The molecule has 1 aliphatic rings. The fourth-order valence-corrected chi connectivity index (χ4v) is 2.01. The number of rotatable bonds is 5. The van der Waals surface area contributed by atoms with Gasteiger partial charge in [0.1, 0.15) is 5.75 Å². The lowest BCUT2D eigenvalue weighted by molar-refractivity contribution is 0.289. The Hall–Kier alpha value is -1.36. The van der Waals surface area contributed by atoms with Gasteiger partial charge in [-0.1, -0.05) is 0 Å². The van der Waals surface area contributed by atoms with Crippen LogP contribution in [-0.2, 0) is 0 Å². The van der Waals surface area contributed by atoms with Crippen molar-refractivity contribution in [3.8, 4) is 5.75 Å². The van der Waals surface area contributed by atoms with E-state index in [1.165, 1.54) is 0 Å². The number of hydrogen-bond acceptors (Lipinski definition) is 4. The first-order valence-corrected chi connectivity index (χ1v) is 6.49. The molecule has 0 bridgehead atoms. The smallest absolute Gasteiger partial charge is 0.139 e. The highest BCUT2D eigenvalue weighted by molar-refractivity contribution is 5.48. The average molecular weight is 253 g/mol. The van der Waals surface area contributed by atoms with Crippen LogP contribution in [0, 0.1) is 0 Å². The fraction of sp³-hybridized carbons (Fsp3) is 0.615. The zero-order valence-electron chi connectivity index (χ0n) is 10.6. The van der Waals surface area contributed by atoms with Gasteiger partial charge in [0, 0.05) is 32.1 Å². The molecule has 2 heterocycles. The van der Waals surface area contributed by atoms with E-state index in [0.717, 1.165) is 44.0 Å². The molecule has 0 saturated carbocycles. The molecule has 1 saturated heterocycles. The predicted molar refractivity (Wildman–Crippen MR) is 70.0 cm³/mol. The van der Waals surface area contributed by atoms with Crippen molar-refractivity contribution in [2.24, 2.45) is 0 Å². The zero-order valence-corrected chi connectivity index (χ0v) is 10.6. The fourth-order valence-electron chi connectivity index (χ4n) is 2.01. The lowest BCUT2D eigenvalue weighted by atomic mass is 10.3. The highest BCUT2D eigenvalue weighted by Crippen LogP contribution is 2.20. The topological polar surface area (TPSA) is 37.4 Å². The van der Waals surface area contributed by atoms with Gasteiger partial charge in [0.25, 0.3) is 0 Å². The molecule has 0 aliphatic carbocycles. The highest BCUT2D eigenvalue weighted by atomic mass is 19.1. The summed E-state index contributed by atoms with van der Waals surface area (Å²) in [5, 5.41) is 3.37. The molecule has 1 N–H and O–H groups in total. The average Bonchev–Trinajstić information content (AvgIpc) is 2.68. The Morgan fingerprint density at radius 1 is 1.33 bits per heavy atom. The quantitative estimate of drug-likeness (QED) is 0.809. The molecule has 0 aromatic carbocycles. The molecule has 1 fully saturated rings. The number of anilines is 1. The van der Waals surface area contributed by atoms with E-state index in [1.807, 2.05) is 12.3 Å². The van der Waals surface area contributed by atoms with Gasteiger partial charge in [0.05, 0.1) is 31.4 Å². The molecule has 2 rings (SSSR count). The molecule has 0 radical (unpaired) electrons. The summed E-state index contributed by atoms with van der Waals surface area (Å²) in [6.45, 7) is 4.13. The zero-order chi connectivity index (χ0) is 12.6. The van der Waals surface area contributed by atoms with E-state index in [2.05, 4.69) is 15.2 Å². The monoisotopic (exact) mass is 253 g/mol. The van der Waals surface area contributed by atoms with Gasteiger partial charge in [0.2, 0.25) is 0 Å². The maximum absolute atomic E-state index is 12.0. The van der Waals surface area contributed by atoms with Crippen LogP contribution in [0.2, 0.25) is 0 Å². The second-order valence-corrected chi connectivity index (χ2v) is 4.36. The first kappa shape index (κ1) is 13.1. The molecule has 1 aromatic rings. The van der Waals surface area contributed by atoms with Gasteiger partial charge < -0.3 is 15.0 Å². The Bertz CT molecular complexity index is 354. The maximum Gasteiger partial charge on any atom is 0.139 e. The van der Waals surface area contributed by atoms with Crippen molar-refractivity contribution in [3.05, 3.63) is 18.5 Å². The Kier molecular flexibility index (Phi) is 5.20. The number of nitrogens with zero attached hydrogens (tertiary/aromatic N) is 2. The van der Waals surface area contributed by atoms with Crippen LogP contribution in [0.1, 0.15) is 12.8 Å². The second kappa shape index (κ2) is 7.16. The van der Waals surface area contributed by atoms with E-state index in [1.54, 1.807) is 6.20 Å². The minimum absolute atomic E-state index is 0.342.